The highest BCUT2D eigenvalue weighted by atomic mass is 16.6. The van der Waals surface area contributed by atoms with Gasteiger partial charge in [0.05, 0.1) is 4.92 Å². The molecule has 0 aliphatic carbocycles. The summed E-state index contributed by atoms with van der Waals surface area (Å²) in [6.07, 6.45) is 1.27. The number of amides is 4. The molecule has 0 unspecified atom stereocenters. The maximum atomic E-state index is 12.2. The lowest BCUT2D eigenvalue weighted by Gasteiger charge is -2.28. The number of barbiturate groups is 1. The molecule has 0 N–H and O–H groups in total. The third-order valence-electron chi connectivity index (χ3n) is 4.24. The van der Waals surface area contributed by atoms with Gasteiger partial charge in [-0.15, -0.1) is 0 Å². The van der Waals surface area contributed by atoms with Crippen LogP contribution in [0.15, 0.2) is 40.3 Å². The number of benzene rings is 1. The highest BCUT2D eigenvalue weighted by molar-refractivity contribution is 6.30. The lowest BCUT2D eigenvalue weighted by molar-refractivity contribution is -0.385. The minimum Gasteiger partial charge on any atom is -0.457 e. The average Bonchev–Trinajstić information content (AvgIpc) is 3.10. The fourth-order valence-electron chi connectivity index (χ4n) is 2.72. The van der Waals surface area contributed by atoms with Crippen LogP contribution in [-0.2, 0) is 9.59 Å². The van der Waals surface area contributed by atoms with Gasteiger partial charge in [-0.1, -0.05) is 0 Å². The van der Waals surface area contributed by atoms with Gasteiger partial charge in [-0.3, -0.25) is 29.5 Å². The molecule has 138 valence electrons. The second-order valence-corrected chi connectivity index (χ2v) is 6.03. The molecule has 0 saturated carbocycles. The van der Waals surface area contributed by atoms with E-state index in [1.54, 1.807) is 31.2 Å². The first-order chi connectivity index (χ1) is 12.7. The fraction of sp³-hybridized carbons (Fsp3) is 0.167. The highest BCUT2D eigenvalue weighted by Crippen LogP contribution is 2.28. The Morgan fingerprint density at radius 2 is 1.67 bits per heavy atom. The number of hydrogen-bond acceptors (Lipinski definition) is 6. The zero-order chi connectivity index (χ0) is 19.9. The Hall–Kier alpha value is -3.75. The lowest BCUT2D eigenvalue weighted by atomic mass is 10.1. The van der Waals surface area contributed by atoms with E-state index in [1.165, 1.54) is 26.2 Å². The number of hydrogen-bond donors (Lipinski definition) is 0. The minimum absolute atomic E-state index is 0.00166. The van der Waals surface area contributed by atoms with E-state index >= 15 is 0 Å². The van der Waals surface area contributed by atoms with Crippen LogP contribution >= 0.6 is 0 Å². The van der Waals surface area contributed by atoms with Crippen molar-refractivity contribution in [2.75, 3.05) is 14.1 Å². The molecule has 0 atom stereocenters. The molecule has 2 heterocycles. The molecule has 0 spiro atoms. The molecule has 9 nitrogen and oxygen atoms in total. The molecule has 27 heavy (non-hydrogen) atoms. The third-order valence-corrected chi connectivity index (χ3v) is 4.24. The van der Waals surface area contributed by atoms with E-state index in [0.29, 0.717) is 16.9 Å². The van der Waals surface area contributed by atoms with E-state index in [1.807, 2.05) is 0 Å². The Kier molecular flexibility index (Phi) is 4.36. The molecule has 0 bridgehead atoms. The van der Waals surface area contributed by atoms with Gasteiger partial charge in [0.15, 0.2) is 0 Å². The lowest BCUT2D eigenvalue weighted by Crippen LogP contribution is -2.52. The summed E-state index contributed by atoms with van der Waals surface area (Å²) in [6, 6.07) is 7.04. The van der Waals surface area contributed by atoms with Gasteiger partial charge >= 0.3 is 6.03 Å². The number of urea groups is 1. The molecular weight excluding hydrogens is 354 g/mol. The molecule has 1 aromatic carbocycles. The summed E-state index contributed by atoms with van der Waals surface area (Å²) in [6.45, 7) is 1.62. The summed E-state index contributed by atoms with van der Waals surface area (Å²) in [5, 5.41) is 10.9. The van der Waals surface area contributed by atoms with Crippen LogP contribution in [0.25, 0.3) is 17.4 Å². The number of carbonyl (C=O) groups excluding carboxylic acids is 3. The smallest absolute Gasteiger partial charge is 0.333 e. The van der Waals surface area contributed by atoms with Crippen molar-refractivity contribution in [3.63, 3.8) is 0 Å². The number of nitro benzene ring substituents is 1. The molecule has 2 aromatic rings. The SMILES string of the molecule is Cc1cc(-c2ccc(C=C3C(=O)N(C)C(=O)N(C)C3=O)o2)ccc1[N+](=O)[O-]. The van der Waals surface area contributed by atoms with Crippen molar-refractivity contribution in [2.45, 2.75) is 6.92 Å². The average molecular weight is 369 g/mol. The summed E-state index contributed by atoms with van der Waals surface area (Å²) in [5.41, 5.74) is 0.906. The van der Waals surface area contributed by atoms with Gasteiger partial charge in [-0.2, -0.15) is 0 Å². The van der Waals surface area contributed by atoms with Gasteiger partial charge in [0.25, 0.3) is 17.5 Å². The van der Waals surface area contributed by atoms with Gasteiger partial charge in [0.1, 0.15) is 17.1 Å². The zero-order valence-electron chi connectivity index (χ0n) is 14.8. The zero-order valence-corrected chi connectivity index (χ0v) is 14.8. The Morgan fingerprint density at radius 3 is 2.22 bits per heavy atom. The number of furan rings is 1. The topological polar surface area (TPSA) is 114 Å². The molecule has 0 radical (unpaired) electrons. The Morgan fingerprint density at radius 1 is 1.04 bits per heavy atom. The van der Waals surface area contributed by atoms with Gasteiger partial charge < -0.3 is 4.42 Å². The van der Waals surface area contributed by atoms with E-state index in [2.05, 4.69) is 0 Å². The predicted molar refractivity (Wildman–Crippen MR) is 94.4 cm³/mol. The summed E-state index contributed by atoms with van der Waals surface area (Å²) in [4.78, 5) is 48.3. The molecule has 1 aromatic heterocycles. The maximum Gasteiger partial charge on any atom is 0.333 e. The number of aryl methyl sites for hydroxylation is 1. The van der Waals surface area contributed by atoms with Crippen LogP contribution in [0.3, 0.4) is 0 Å². The van der Waals surface area contributed by atoms with Gasteiger partial charge in [0.2, 0.25) is 0 Å². The monoisotopic (exact) mass is 369 g/mol. The molecule has 1 aliphatic heterocycles. The van der Waals surface area contributed by atoms with Crippen molar-refractivity contribution < 1.29 is 23.7 Å². The van der Waals surface area contributed by atoms with E-state index in [9.17, 15) is 24.5 Å². The van der Waals surface area contributed by atoms with Crippen molar-refractivity contribution in [3.8, 4) is 11.3 Å². The van der Waals surface area contributed by atoms with E-state index in [4.69, 9.17) is 4.42 Å². The van der Waals surface area contributed by atoms with E-state index < -0.39 is 22.8 Å². The van der Waals surface area contributed by atoms with Crippen molar-refractivity contribution in [1.82, 2.24) is 9.80 Å². The second kappa shape index (κ2) is 6.52. The van der Waals surface area contributed by atoms with Crippen LogP contribution in [-0.4, -0.2) is 46.7 Å². The number of carbonyl (C=O) groups is 3. The summed E-state index contributed by atoms with van der Waals surface area (Å²) >= 11 is 0. The first-order valence-electron chi connectivity index (χ1n) is 7.87. The van der Waals surface area contributed by atoms with Crippen LogP contribution in [0, 0.1) is 17.0 Å². The summed E-state index contributed by atoms with van der Waals surface area (Å²) < 4.78 is 5.65. The number of imide groups is 2. The summed E-state index contributed by atoms with van der Waals surface area (Å²) in [5.74, 6) is -0.762. The first-order valence-corrected chi connectivity index (χ1v) is 7.87. The molecule has 4 amide bonds. The van der Waals surface area contributed by atoms with Crippen molar-refractivity contribution in [1.29, 1.82) is 0 Å². The molecule has 9 heteroatoms. The Balaban J connectivity index is 1.94. The Bertz CT molecular complexity index is 994. The predicted octanol–water partition coefficient (Wildman–Crippen LogP) is 2.60. The Labute approximate surface area is 153 Å². The number of nitrogens with zero attached hydrogens (tertiary/aromatic N) is 3. The van der Waals surface area contributed by atoms with Gasteiger partial charge in [-0.05, 0) is 37.3 Å². The van der Waals surface area contributed by atoms with Crippen LogP contribution in [0.2, 0.25) is 0 Å². The van der Waals surface area contributed by atoms with Crippen LogP contribution in [0.5, 0.6) is 0 Å². The summed E-state index contributed by atoms with van der Waals surface area (Å²) in [7, 11) is 2.57. The third kappa shape index (κ3) is 3.10. The van der Waals surface area contributed by atoms with Crippen LogP contribution < -0.4 is 0 Å². The highest BCUT2D eigenvalue weighted by Gasteiger charge is 2.38. The normalized spacial score (nSPS) is 14.8. The van der Waals surface area contributed by atoms with E-state index in [0.717, 1.165) is 9.80 Å². The van der Waals surface area contributed by atoms with E-state index in [-0.39, 0.29) is 17.0 Å². The molecule has 1 fully saturated rings. The largest absolute Gasteiger partial charge is 0.457 e. The molecular formula is C18H15N3O6. The van der Waals surface area contributed by atoms with Crippen LogP contribution in [0.1, 0.15) is 11.3 Å². The van der Waals surface area contributed by atoms with Gasteiger partial charge in [0, 0.05) is 31.3 Å². The maximum absolute atomic E-state index is 12.2. The van der Waals surface area contributed by atoms with Crippen LogP contribution in [0.4, 0.5) is 10.5 Å². The number of rotatable bonds is 3. The van der Waals surface area contributed by atoms with Crippen molar-refractivity contribution >= 4 is 29.6 Å². The van der Waals surface area contributed by atoms with Gasteiger partial charge in [-0.25, -0.2) is 4.79 Å². The van der Waals surface area contributed by atoms with Crippen molar-refractivity contribution in [3.05, 3.63) is 57.3 Å². The standard InChI is InChI=1S/C18H15N3O6/c1-10-8-11(4-6-14(10)21(25)26)15-7-5-12(27-15)9-13-16(22)19(2)18(24)20(3)17(13)23/h4-9H,1-3H3. The van der Waals surface area contributed by atoms with Crippen molar-refractivity contribution in [2.24, 2.45) is 0 Å². The molecule has 1 aliphatic rings. The first kappa shape index (κ1) is 18.1. The number of nitro groups is 1. The minimum atomic E-state index is -0.716. The number of likely N-dealkylation sites (N-methyl/N-ethyl adjacent to an activating group) is 2. The quantitative estimate of drug-likeness (QED) is 0.355. The second-order valence-electron chi connectivity index (χ2n) is 6.03. The molecule has 3 rings (SSSR count). The molecule has 1 saturated heterocycles. The fourth-order valence-corrected chi connectivity index (χ4v) is 2.72.